The summed E-state index contributed by atoms with van der Waals surface area (Å²) in [6.07, 6.45) is 1.52. The van der Waals surface area contributed by atoms with Gasteiger partial charge in [0, 0.05) is 0 Å². The molecule has 0 saturated carbocycles. The van der Waals surface area contributed by atoms with Gasteiger partial charge in [-0.05, 0) is 29.8 Å². The number of carbonyl (C=O) groups is 1. The second kappa shape index (κ2) is 6.72. The van der Waals surface area contributed by atoms with E-state index in [1.807, 2.05) is 28.8 Å². The van der Waals surface area contributed by atoms with Crippen molar-refractivity contribution in [1.29, 1.82) is 0 Å². The summed E-state index contributed by atoms with van der Waals surface area (Å²) in [7, 11) is 0. The fourth-order valence-corrected chi connectivity index (χ4v) is 3.55. The first-order chi connectivity index (χ1) is 13.1. The van der Waals surface area contributed by atoms with Crippen LogP contribution in [0.5, 0.6) is 0 Å². The summed E-state index contributed by atoms with van der Waals surface area (Å²) in [6, 6.07) is 13.5. The molecular formula is C21H19FN3O2+. The number of ether oxygens (including phenoxy) is 1. The summed E-state index contributed by atoms with van der Waals surface area (Å²) in [4.78, 5) is 16.1. The Morgan fingerprint density at radius 3 is 2.70 bits per heavy atom. The molecule has 27 heavy (non-hydrogen) atoms. The third-order valence-corrected chi connectivity index (χ3v) is 4.71. The molecule has 0 saturated heterocycles. The minimum atomic E-state index is -0.674. The normalized spacial score (nSPS) is 18.6. The topological polar surface area (TPSA) is 58.0 Å². The summed E-state index contributed by atoms with van der Waals surface area (Å²) in [5.41, 5.74) is 3.14. The van der Waals surface area contributed by atoms with Crippen molar-refractivity contribution in [2.75, 3.05) is 11.9 Å². The summed E-state index contributed by atoms with van der Waals surface area (Å²) >= 11 is 0. The van der Waals surface area contributed by atoms with Gasteiger partial charge in [0.15, 0.2) is 0 Å². The van der Waals surface area contributed by atoms with Crippen molar-refractivity contribution in [2.45, 2.75) is 6.04 Å². The monoisotopic (exact) mass is 364 g/mol. The number of hydrogen-bond acceptors (Lipinski definition) is 3. The van der Waals surface area contributed by atoms with E-state index in [0.29, 0.717) is 11.6 Å². The standard InChI is InChI=1S/C21H18FN3O2/c1-3-12-27-20(26)18-13(2)23-21-24-16-6-4-5-7-17(16)25(21)19(18)14-8-10-15(22)11-9-14/h3-11,18-19H,1-2,12H2,(H,23,24)/p+1. The van der Waals surface area contributed by atoms with Gasteiger partial charge in [-0.2, -0.15) is 0 Å². The average molecular weight is 364 g/mol. The van der Waals surface area contributed by atoms with Crippen molar-refractivity contribution in [1.82, 2.24) is 4.98 Å². The first-order valence-electron chi connectivity index (χ1n) is 8.61. The Balaban J connectivity index is 1.91. The number of aromatic amines is 1. The molecule has 2 atom stereocenters. The van der Waals surface area contributed by atoms with Crippen LogP contribution >= 0.6 is 0 Å². The van der Waals surface area contributed by atoms with E-state index in [1.54, 1.807) is 12.1 Å². The molecule has 2 N–H and O–H groups in total. The molecule has 0 radical (unpaired) electrons. The van der Waals surface area contributed by atoms with E-state index in [-0.39, 0.29) is 12.4 Å². The maximum atomic E-state index is 13.5. The Morgan fingerprint density at radius 1 is 1.22 bits per heavy atom. The molecule has 3 aromatic rings. The first-order valence-corrected chi connectivity index (χ1v) is 8.61. The van der Waals surface area contributed by atoms with Crippen LogP contribution in [0.1, 0.15) is 11.6 Å². The minimum absolute atomic E-state index is 0.115. The number of halogens is 1. The molecule has 0 aliphatic carbocycles. The van der Waals surface area contributed by atoms with Crippen molar-refractivity contribution in [2.24, 2.45) is 5.92 Å². The number of hydrogen-bond donors (Lipinski definition) is 2. The summed E-state index contributed by atoms with van der Waals surface area (Å²) < 4.78 is 20.8. The van der Waals surface area contributed by atoms with Crippen LogP contribution in [0.2, 0.25) is 0 Å². The predicted octanol–water partition coefficient (Wildman–Crippen LogP) is 3.47. The Morgan fingerprint density at radius 2 is 1.96 bits per heavy atom. The Labute approximate surface area is 155 Å². The van der Waals surface area contributed by atoms with Gasteiger partial charge in [0.2, 0.25) is 0 Å². The van der Waals surface area contributed by atoms with Crippen LogP contribution in [-0.2, 0) is 9.53 Å². The van der Waals surface area contributed by atoms with E-state index >= 15 is 0 Å². The number of H-pyrrole nitrogens is 1. The van der Waals surface area contributed by atoms with Crippen LogP contribution in [0.3, 0.4) is 0 Å². The quantitative estimate of drug-likeness (QED) is 0.423. The van der Waals surface area contributed by atoms with Crippen LogP contribution in [0.25, 0.3) is 11.0 Å². The summed E-state index contributed by atoms with van der Waals surface area (Å²) in [5.74, 6) is -0.706. The van der Waals surface area contributed by atoms with E-state index in [9.17, 15) is 9.18 Å². The Hall–Kier alpha value is -3.41. The molecule has 6 heteroatoms. The highest BCUT2D eigenvalue weighted by molar-refractivity contribution is 5.80. The van der Waals surface area contributed by atoms with Gasteiger partial charge in [-0.25, -0.2) is 19.3 Å². The SMILES string of the molecule is C=CCOC(=O)C1C(=C)Nc2[nH]c3ccccc3[n+]2C1c1ccc(F)cc1. The van der Waals surface area contributed by atoms with Crippen molar-refractivity contribution >= 4 is 23.0 Å². The van der Waals surface area contributed by atoms with Crippen LogP contribution in [-0.4, -0.2) is 17.6 Å². The van der Waals surface area contributed by atoms with E-state index in [0.717, 1.165) is 16.6 Å². The third kappa shape index (κ3) is 2.89. The number of rotatable bonds is 4. The number of nitrogens with one attached hydrogen (secondary N) is 2. The minimum Gasteiger partial charge on any atom is -0.461 e. The lowest BCUT2D eigenvalue weighted by atomic mass is 9.88. The maximum absolute atomic E-state index is 13.5. The van der Waals surface area contributed by atoms with Crippen molar-refractivity contribution in [3.63, 3.8) is 0 Å². The Kier molecular flexibility index (Phi) is 4.24. The van der Waals surface area contributed by atoms with E-state index in [1.165, 1.54) is 18.2 Å². The van der Waals surface area contributed by atoms with Gasteiger partial charge in [-0.1, -0.05) is 43.5 Å². The fourth-order valence-electron chi connectivity index (χ4n) is 3.55. The molecule has 1 aliphatic rings. The number of anilines is 1. The predicted molar refractivity (Wildman–Crippen MR) is 100 cm³/mol. The average Bonchev–Trinajstić information content (AvgIpc) is 3.03. The second-order valence-electron chi connectivity index (χ2n) is 6.40. The molecule has 1 aliphatic heterocycles. The molecular weight excluding hydrogens is 345 g/mol. The molecule has 2 aromatic carbocycles. The van der Waals surface area contributed by atoms with Gasteiger partial charge in [0.1, 0.15) is 35.4 Å². The lowest BCUT2D eigenvalue weighted by Crippen LogP contribution is -2.53. The highest BCUT2D eigenvalue weighted by Crippen LogP contribution is 2.35. The second-order valence-corrected chi connectivity index (χ2v) is 6.40. The van der Waals surface area contributed by atoms with E-state index in [2.05, 4.69) is 23.5 Å². The molecule has 2 heterocycles. The van der Waals surface area contributed by atoms with Crippen molar-refractivity contribution in [3.8, 4) is 0 Å². The zero-order chi connectivity index (χ0) is 19.0. The number of imidazole rings is 1. The molecule has 5 nitrogen and oxygen atoms in total. The van der Waals surface area contributed by atoms with Crippen molar-refractivity contribution in [3.05, 3.63) is 84.8 Å². The highest BCUT2D eigenvalue weighted by atomic mass is 19.1. The van der Waals surface area contributed by atoms with Crippen LogP contribution in [0.4, 0.5) is 10.3 Å². The van der Waals surface area contributed by atoms with Gasteiger partial charge < -0.3 is 4.74 Å². The number of esters is 1. The fraction of sp³-hybridized carbons (Fsp3) is 0.143. The zero-order valence-electron chi connectivity index (χ0n) is 14.6. The van der Waals surface area contributed by atoms with E-state index < -0.39 is 17.9 Å². The lowest BCUT2D eigenvalue weighted by molar-refractivity contribution is -0.682. The highest BCUT2D eigenvalue weighted by Gasteiger charge is 2.45. The summed E-state index contributed by atoms with van der Waals surface area (Å²) in [5, 5.41) is 3.18. The Bertz CT molecular complexity index is 1040. The molecule has 1 aromatic heterocycles. The van der Waals surface area contributed by atoms with E-state index in [4.69, 9.17) is 4.74 Å². The van der Waals surface area contributed by atoms with Gasteiger partial charge in [0.05, 0.1) is 5.70 Å². The first kappa shape index (κ1) is 17.0. The number of aromatic nitrogens is 2. The van der Waals surface area contributed by atoms with Crippen LogP contribution in [0, 0.1) is 11.7 Å². The maximum Gasteiger partial charge on any atom is 0.361 e. The van der Waals surface area contributed by atoms with Crippen LogP contribution in [0.15, 0.2) is 73.5 Å². The van der Waals surface area contributed by atoms with Gasteiger partial charge >= 0.3 is 11.9 Å². The molecule has 0 fully saturated rings. The smallest absolute Gasteiger partial charge is 0.361 e. The zero-order valence-corrected chi connectivity index (χ0v) is 14.6. The number of fused-ring (bicyclic) bond motifs is 3. The third-order valence-electron chi connectivity index (χ3n) is 4.71. The molecule has 136 valence electrons. The molecule has 2 unspecified atom stereocenters. The number of nitrogens with zero attached hydrogens (tertiary/aromatic N) is 1. The largest absolute Gasteiger partial charge is 0.461 e. The lowest BCUT2D eigenvalue weighted by Gasteiger charge is -2.30. The van der Waals surface area contributed by atoms with Crippen LogP contribution < -0.4 is 9.88 Å². The summed E-state index contributed by atoms with van der Waals surface area (Å²) in [6.45, 7) is 7.74. The number of benzene rings is 2. The van der Waals surface area contributed by atoms with Crippen molar-refractivity contribution < 1.29 is 18.5 Å². The van der Waals surface area contributed by atoms with Gasteiger partial charge in [-0.3, -0.25) is 4.79 Å². The molecule has 0 bridgehead atoms. The van der Waals surface area contributed by atoms with Gasteiger partial charge in [-0.15, -0.1) is 0 Å². The molecule has 0 spiro atoms. The molecule has 0 amide bonds. The number of para-hydroxylation sites is 2. The number of carbonyl (C=O) groups excluding carboxylic acids is 1. The molecule has 4 rings (SSSR count). The van der Waals surface area contributed by atoms with Gasteiger partial charge in [0.25, 0.3) is 0 Å².